The Balaban J connectivity index is 4.10. The Morgan fingerprint density at radius 1 is 1.38 bits per heavy atom. The normalized spacial score (nSPS) is 11.1. The molecule has 0 unspecified atom stereocenters. The van der Waals surface area contributed by atoms with Gasteiger partial charge in [0.25, 0.3) is 0 Å². The summed E-state index contributed by atoms with van der Waals surface area (Å²) in [6.45, 7) is 9.64. The number of carbonyl (C=O) groups is 1. The third kappa shape index (κ3) is 9.46. The van der Waals surface area contributed by atoms with Crippen LogP contribution in [0, 0.1) is 9.97 Å². The van der Waals surface area contributed by atoms with Crippen LogP contribution >= 0.6 is 12.9 Å². The fraction of sp³-hybridized carbons (Fsp3) is 0.727. The van der Waals surface area contributed by atoms with Crippen LogP contribution in [0.4, 0.5) is 0 Å². The Hall–Kier alpha value is 0.236. The average Bonchev–Trinajstić information content (AvgIpc) is 2.09. The van der Waals surface area contributed by atoms with Crippen molar-refractivity contribution in [3.8, 4) is 9.97 Å². The second-order valence-electron chi connectivity index (χ2n) is 5.00. The third-order valence-electron chi connectivity index (χ3n) is 1.56. The van der Waals surface area contributed by atoms with Gasteiger partial charge in [0.15, 0.2) is 0 Å². The lowest BCUT2D eigenvalue weighted by atomic mass is 10.1. The van der Waals surface area contributed by atoms with Crippen LogP contribution in [0.3, 0.4) is 0 Å². The van der Waals surface area contributed by atoms with E-state index in [0.29, 0.717) is 0 Å². The lowest BCUT2D eigenvalue weighted by Crippen LogP contribution is -2.42. The fourth-order valence-electron chi connectivity index (χ4n) is 0.969. The van der Waals surface area contributed by atoms with Gasteiger partial charge in [-0.25, -0.2) is 0 Å². The van der Waals surface area contributed by atoms with Crippen molar-refractivity contribution in [3.63, 3.8) is 0 Å². The zero-order valence-corrected chi connectivity index (χ0v) is 13.6. The molecule has 0 aromatic carbocycles. The molecule has 0 amide bonds. The van der Waals surface area contributed by atoms with Crippen molar-refractivity contribution < 1.29 is 9.53 Å². The highest BCUT2D eigenvalue weighted by atomic mass is 79.9. The van der Waals surface area contributed by atoms with Gasteiger partial charge in [-0.1, -0.05) is 0 Å². The predicted molar refractivity (Wildman–Crippen MR) is 70.4 cm³/mol. The monoisotopic (exact) mass is 299 g/mol. The first kappa shape index (κ1) is 16.2. The SMILES string of the molecule is CC(C)(C#[C][Mg][Br])NCC(=O)OC(C)(C)C. The molecule has 88 valence electrons. The molecule has 5 heteroatoms. The quantitative estimate of drug-likeness (QED) is 0.489. The number of halogens is 1. The average molecular weight is 300 g/mol. The smallest absolute Gasteiger partial charge is 0.459 e. The molecule has 3 nitrogen and oxygen atoms in total. The summed E-state index contributed by atoms with van der Waals surface area (Å²) in [5.74, 6) is 2.82. The molecular formula is C11H18BrMgNO2. The predicted octanol–water partition coefficient (Wildman–Crippen LogP) is 1.67. The number of carbonyl (C=O) groups excluding carboxylic acids is 1. The summed E-state index contributed by atoms with van der Waals surface area (Å²) in [4.78, 5) is 11.4. The summed E-state index contributed by atoms with van der Waals surface area (Å²) < 4.78 is 8.24. The van der Waals surface area contributed by atoms with Crippen molar-refractivity contribution in [2.75, 3.05) is 6.54 Å². The van der Waals surface area contributed by atoms with E-state index in [1.54, 1.807) is 0 Å². The Morgan fingerprint density at radius 3 is 2.38 bits per heavy atom. The third-order valence-corrected chi connectivity index (χ3v) is 2.71. The van der Waals surface area contributed by atoms with E-state index in [-0.39, 0.29) is 18.1 Å². The Kier molecular flexibility index (Phi) is 6.95. The number of hydrogen-bond donors (Lipinski definition) is 1. The van der Waals surface area contributed by atoms with Gasteiger partial charge in [0.05, 0.1) is 12.1 Å². The minimum Gasteiger partial charge on any atom is -0.459 e. The summed E-state index contributed by atoms with van der Waals surface area (Å²) in [5.41, 5.74) is -0.783. The van der Waals surface area contributed by atoms with Gasteiger partial charge in [-0.2, -0.15) is 0 Å². The fourth-order valence-corrected chi connectivity index (χ4v) is 1.90. The van der Waals surface area contributed by atoms with Crippen LogP contribution in [0.1, 0.15) is 34.6 Å². The van der Waals surface area contributed by atoms with Crippen LogP contribution in [0.25, 0.3) is 0 Å². The molecule has 0 aliphatic carbocycles. The van der Waals surface area contributed by atoms with Gasteiger partial charge in [-0.3, -0.25) is 27.0 Å². The lowest BCUT2D eigenvalue weighted by molar-refractivity contribution is -0.153. The minimum absolute atomic E-state index is 0.183. The van der Waals surface area contributed by atoms with Gasteiger partial charge in [0.1, 0.15) is 5.60 Å². The van der Waals surface area contributed by atoms with Gasteiger partial charge < -0.3 is 4.74 Å². The molecule has 0 rings (SSSR count). The van der Waals surface area contributed by atoms with E-state index < -0.39 is 23.8 Å². The summed E-state index contributed by atoms with van der Waals surface area (Å²) in [5, 5.41) is 3.07. The molecule has 0 fully saturated rings. The summed E-state index contributed by atoms with van der Waals surface area (Å²) in [7, 11) is 0. The molecule has 0 aliphatic rings. The Bertz CT molecular complexity index is 299. The topological polar surface area (TPSA) is 38.3 Å². The first-order valence-corrected chi connectivity index (χ1v) is 9.80. The van der Waals surface area contributed by atoms with E-state index in [2.05, 4.69) is 28.2 Å². The van der Waals surface area contributed by atoms with E-state index in [1.807, 2.05) is 34.6 Å². The number of nitrogens with one attached hydrogen (secondary N) is 1. The van der Waals surface area contributed by atoms with Crippen molar-refractivity contribution in [1.29, 1.82) is 0 Å². The highest BCUT2D eigenvalue weighted by Crippen LogP contribution is 2.07. The first-order chi connectivity index (χ1) is 7.16. The molecule has 0 saturated carbocycles. The summed E-state index contributed by atoms with van der Waals surface area (Å²) >= 11 is 2.93. The second kappa shape index (κ2) is 6.85. The molecule has 0 heterocycles. The number of esters is 1. The van der Waals surface area contributed by atoms with Crippen LogP contribution < -0.4 is 5.32 Å². The Labute approximate surface area is 114 Å². The van der Waals surface area contributed by atoms with Crippen molar-refractivity contribution in [3.05, 3.63) is 0 Å². The van der Waals surface area contributed by atoms with Crippen LogP contribution in [0.15, 0.2) is 0 Å². The van der Waals surface area contributed by atoms with Crippen LogP contribution in [-0.4, -0.2) is 41.8 Å². The highest BCUT2D eigenvalue weighted by molar-refractivity contribution is 9.23. The molecule has 0 aromatic rings. The molecule has 1 N–H and O–H groups in total. The second-order valence-corrected chi connectivity index (χ2v) is 7.30. The van der Waals surface area contributed by atoms with Crippen LogP contribution in [-0.2, 0) is 9.53 Å². The highest BCUT2D eigenvalue weighted by Gasteiger charge is 2.19. The number of hydrogen-bond acceptors (Lipinski definition) is 3. The standard InChI is InChI=1S/C11H18NO2.BrH.Mg/c1-7-11(5,6)12-8-9(13)14-10(2,3)4;;/h12H,8H2,2-6H3;1H;/q;;+1/p-1. The van der Waals surface area contributed by atoms with Gasteiger partial charge in [0.2, 0.25) is 0 Å². The molecule has 16 heavy (non-hydrogen) atoms. The lowest BCUT2D eigenvalue weighted by Gasteiger charge is -2.23. The molecule has 0 spiro atoms. The van der Waals surface area contributed by atoms with Crippen LogP contribution in [0.2, 0.25) is 0 Å². The van der Waals surface area contributed by atoms with Gasteiger partial charge in [-0.05, 0) is 34.6 Å². The van der Waals surface area contributed by atoms with Gasteiger partial charge >= 0.3 is 24.2 Å². The molecule has 0 aromatic heterocycles. The maximum atomic E-state index is 11.4. The van der Waals surface area contributed by atoms with Crippen LogP contribution in [0.5, 0.6) is 0 Å². The van der Waals surface area contributed by atoms with E-state index in [9.17, 15) is 4.79 Å². The molecule has 0 saturated heterocycles. The van der Waals surface area contributed by atoms with Crippen molar-refractivity contribution >= 4 is 37.0 Å². The molecule has 0 bridgehead atoms. The zero-order chi connectivity index (χ0) is 12.8. The van der Waals surface area contributed by atoms with Crippen molar-refractivity contribution in [2.24, 2.45) is 0 Å². The molecule has 0 atom stereocenters. The van der Waals surface area contributed by atoms with Crippen molar-refractivity contribution in [1.82, 2.24) is 5.32 Å². The largest absolute Gasteiger partial charge is 0.569 e. The van der Waals surface area contributed by atoms with E-state index in [4.69, 9.17) is 4.74 Å². The minimum atomic E-state index is -0.435. The Morgan fingerprint density at radius 2 is 1.94 bits per heavy atom. The summed E-state index contributed by atoms with van der Waals surface area (Å²) in [6, 6.07) is 0. The van der Waals surface area contributed by atoms with E-state index in [1.165, 1.54) is 0 Å². The van der Waals surface area contributed by atoms with E-state index in [0.717, 1.165) is 0 Å². The van der Waals surface area contributed by atoms with E-state index >= 15 is 0 Å². The zero-order valence-electron chi connectivity index (χ0n) is 10.6. The first-order valence-electron chi connectivity index (χ1n) is 5.19. The molecule has 0 aliphatic heterocycles. The number of ether oxygens (including phenoxy) is 1. The number of rotatable bonds is 3. The maximum absolute atomic E-state index is 11.4. The van der Waals surface area contributed by atoms with Crippen molar-refractivity contribution in [2.45, 2.75) is 45.8 Å². The molecule has 0 radical (unpaired) electrons. The van der Waals surface area contributed by atoms with Gasteiger partial charge in [-0.15, -0.1) is 5.92 Å². The van der Waals surface area contributed by atoms with Gasteiger partial charge in [0, 0.05) is 0 Å². The molecular weight excluding hydrogens is 282 g/mol. The summed E-state index contributed by atoms with van der Waals surface area (Å²) in [6.07, 6.45) is 0. The maximum Gasteiger partial charge on any atom is 0.569 e.